The molecule has 3 rings (SSSR count). The van der Waals surface area contributed by atoms with Gasteiger partial charge in [-0.2, -0.15) is 15.0 Å². The van der Waals surface area contributed by atoms with E-state index in [0.29, 0.717) is 5.92 Å². The molecule has 0 atom stereocenters. The molecular formula is C17H29N5. The molecule has 0 saturated heterocycles. The summed E-state index contributed by atoms with van der Waals surface area (Å²) < 4.78 is 0. The van der Waals surface area contributed by atoms with Gasteiger partial charge in [0.05, 0.1) is 0 Å². The number of nitrogens with two attached hydrogens (primary N) is 2. The van der Waals surface area contributed by atoms with Gasteiger partial charge in [-0.1, -0.05) is 51.4 Å². The van der Waals surface area contributed by atoms with Crippen molar-refractivity contribution in [2.24, 2.45) is 5.92 Å². The summed E-state index contributed by atoms with van der Waals surface area (Å²) >= 11 is 0. The van der Waals surface area contributed by atoms with Gasteiger partial charge >= 0.3 is 0 Å². The molecule has 2 fully saturated rings. The van der Waals surface area contributed by atoms with E-state index in [-0.39, 0.29) is 17.3 Å². The van der Waals surface area contributed by atoms with Crippen LogP contribution in [0, 0.1) is 5.92 Å². The van der Waals surface area contributed by atoms with Gasteiger partial charge in [-0.05, 0) is 31.6 Å². The molecule has 0 unspecified atom stereocenters. The van der Waals surface area contributed by atoms with Gasteiger partial charge in [-0.15, -0.1) is 0 Å². The summed E-state index contributed by atoms with van der Waals surface area (Å²) in [6, 6.07) is 0. The van der Waals surface area contributed by atoms with Crippen molar-refractivity contribution in [3.63, 3.8) is 0 Å². The van der Waals surface area contributed by atoms with E-state index in [9.17, 15) is 0 Å². The Morgan fingerprint density at radius 2 is 1.18 bits per heavy atom. The molecule has 0 aliphatic heterocycles. The van der Waals surface area contributed by atoms with Gasteiger partial charge in [0.1, 0.15) is 5.82 Å². The number of hydrogen-bond acceptors (Lipinski definition) is 5. The lowest BCUT2D eigenvalue weighted by Crippen LogP contribution is -2.37. The van der Waals surface area contributed by atoms with Gasteiger partial charge < -0.3 is 11.5 Å². The number of hydrogen-bond donors (Lipinski definition) is 2. The van der Waals surface area contributed by atoms with Crippen molar-refractivity contribution in [3.8, 4) is 0 Å². The highest BCUT2D eigenvalue weighted by atomic mass is 15.1. The number of rotatable bonds is 2. The molecule has 2 aliphatic carbocycles. The maximum Gasteiger partial charge on any atom is 0.225 e. The van der Waals surface area contributed by atoms with Crippen molar-refractivity contribution >= 4 is 11.9 Å². The van der Waals surface area contributed by atoms with E-state index in [1.54, 1.807) is 0 Å². The quantitative estimate of drug-likeness (QED) is 0.815. The van der Waals surface area contributed by atoms with E-state index in [1.165, 1.54) is 77.0 Å². The number of aromatic nitrogens is 3. The van der Waals surface area contributed by atoms with Crippen LogP contribution in [0.4, 0.5) is 11.9 Å². The monoisotopic (exact) mass is 303 g/mol. The molecular weight excluding hydrogens is 274 g/mol. The second-order valence-electron chi connectivity index (χ2n) is 7.13. The van der Waals surface area contributed by atoms with Crippen LogP contribution >= 0.6 is 0 Å². The molecule has 0 radical (unpaired) electrons. The summed E-state index contributed by atoms with van der Waals surface area (Å²) in [5.74, 6) is 2.11. The molecule has 0 spiro atoms. The predicted octanol–water partition coefficient (Wildman–Crippen LogP) is 3.60. The zero-order chi connectivity index (χ0) is 15.4. The van der Waals surface area contributed by atoms with E-state index in [2.05, 4.69) is 15.0 Å². The molecule has 2 saturated carbocycles. The Bertz CT molecular complexity index is 466. The van der Waals surface area contributed by atoms with Crippen LogP contribution in [-0.2, 0) is 5.41 Å². The van der Waals surface area contributed by atoms with Crippen LogP contribution in [0.15, 0.2) is 0 Å². The van der Waals surface area contributed by atoms with E-state index in [0.717, 1.165) is 5.82 Å². The number of anilines is 2. The zero-order valence-electron chi connectivity index (χ0n) is 13.6. The van der Waals surface area contributed by atoms with Crippen molar-refractivity contribution in [1.82, 2.24) is 15.0 Å². The average Bonchev–Trinajstić information content (AvgIpc) is 2.90. The first kappa shape index (κ1) is 15.5. The van der Waals surface area contributed by atoms with Crippen LogP contribution in [0.1, 0.15) is 82.9 Å². The molecule has 0 aromatic carbocycles. The van der Waals surface area contributed by atoms with Crippen LogP contribution in [0.5, 0.6) is 0 Å². The summed E-state index contributed by atoms with van der Waals surface area (Å²) in [7, 11) is 0. The molecule has 122 valence electrons. The summed E-state index contributed by atoms with van der Waals surface area (Å²) in [5, 5.41) is 0. The minimum Gasteiger partial charge on any atom is -0.368 e. The summed E-state index contributed by atoms with van der Waals surface area (Å²) in [6.45, 7) is 0. The SMILES string of the molecule is Nc1nc(N)nc(C2(C3CCCCCC3)CCCCCC2)n1. The standard InChI is InChI=1S/C17H29N5/c18-15-20-14(21-16(19)22-15)17(11-7-3-4-8-12-17)13-9-5-1-2-6-10-13/h13H,1-12H2,(H4,18,19,20,21,22). The third-order valence-electron chi connectivity index (χ3n) is 5.75. The first-order chi connectivity index (χ1) is 10.7. The fourth-order valence-corrected chi connectivity index (χ4v) is 4.64. The second kappa shape index (κ2) is 6.80. The highest BCUT2D eigenvalue weighted by molar-refractivity contribution is 5.29. The minimum absolute atomic E-state index is 0.0754. The lowest BCUT2D eigenvalue weighted by atomic mass is 9.66. The van der Waals surface area contributed by atoms with Crippen LogP contribution in [0.2, 0.25) is 0 Å². The lowest BCUT2D eigenvalue weighted by Gasteiger charge is -2.39. The molecule has 0 bridgehead atoms. The maximum absolute atomic E-state index is 5.88. The Balaban J connectivity index is 2.00. The van der Waals surface area contributed by atoms with Crippen molar-refractivity contribution in [1.29, 1.82) is 0 Å². The Kier molecular flexibility index (Phi) is 4.79. The molecule has 1 aromatic heterocycles. The lowest BCUT2D eigenvalue weighted by molar-refractivity contribution is 0.197. The molecule has 5 heteroatoms. The third-order valence-corrected chi connectivity index (χ3v) is 5.75. The molecule has 2 aliphatic rings. The van der Waals surface area contributed by atoms with E-state index in [4.69, 9.17) is 11.5 Å². The topological polar surface area (TPSA) is 90.7 Å². The van der Waals surface area contributed by atoms with Crippen molar-refractivity contribution in [3.05, 3.63) is 5.82 Å². The summed E-state index contributed by atoms with van der Waals surface area (Å²) in [4.78, 5) is 13.1. The largest absolute Gasteiger partial charge is 0.368 e. The van der Waals surface area contributed by atoms with Gasteiger partial charge in [0.2, 0.25) is 11.9 Å². The fraction of sp³-hybridized carbons (Fsp3) is 0.824. The van der Waals surface area contributed by atoms with Crippen molar-refractivity contribution < 1.29 is 0 Å². The molecule has 22 heavy (non-hydrogen) atoms. The average molecular weight is 303 g/mol. The van der Waals surface area contributed by atoms with Crippen LogP contribution < -0.4 is 11.5 Å². The van der Waals surface area contributed by atoms with Gasteiger partial charge in [0.25, 0.3) is 0 Å². The third kappa shape index (κ3) is 3.18. The minimum atomic E-state index is 0.0754. The van der Waals surface area contributed by atoms with Crippen LogP contribution in [0.25, 0.3) is 0 Å². The molecule has 0 amide bonds. The summed E-state index contributed by atoms with van der Waals surface area (Å²) in [5.41, 5.74) is 11.8. The highest BCUT2D eigenvalue weighted by Crippen LogP contribution is 2.47. The van der Waals surface area contributed by atoms with Crippen LogP contribution in [0.3, 0.4) is 0 Å². The Labute approximate surface area is 133 Å². The van der Waals surface area contributed by atoms with E-state index in [1.807, 2.05) is 0 Å². The number of nitrogen functional groups attached to an aromatic ring is 2. The van der Waals surface area contributed by atoms with Crippen LogP contribution in [-0.4, -0.2) is 15.0 Å². The molecule has 1 heterocycles. The summed E-state index contributed by atoms with van der Waals surface area (Å²) in [6.07, 6.45) is 15.5. The van der Waals surface area contributed by atoms with Crippen molar-refractivity contribution in [2.75, 3.05) is 11.5 Å². The normalized spacial score (nSPS) is 23.6. The van der Waals surface area contributed by atoms with Gasteiger partial charge in [0.15, 0.2) is 0 Å². The molecule has 4 N–H and O–H groups in total. The van der Waals surface area contributed by atoms with Gasteiger partial charge in [-0.25, -0.2) is 0 Å². The zero-order valence-corrected chi connectivity index (χ0v) is 13.6. The highest BCUT2D eigenvalue weighted by Gasteiger charge is 2.43. The van der Waals surface area contributed by atoms with Gasteiger partial charge in [-0.3, -0.25) is 0 Å². The molecule has 1 aromatic rings. The van der Waals surface area contributed by atoms with E-state index >= 15 is 0 Å². The predicted molar refractivity (Wildman–Crippen MR) is 89.2 cm³/mol. The smallest absolute Gasteiger partial charge is 0.225 e. The second-order valence-corrected chi connectivity index (χ2v) is 7.13. The Morgan fingerprint density at radius 1 is 0.682 bits per heavy atom. The number of nitrogens with zero attached hydrogens (tertiary/aromatic N) is 3. The van der Waals surface area contributed by atoms with E-state index < -0.39 is 0 Å². The Hall–Kier alpha value is -1.39. The fourth-order valence-electron chi connectivity index (χ4n) is 4.64. The Morgan fingerprint density at radius 3 is 1.73 bits per heavy atom. The van der Waals surface area contributed by atoms with Crippen molar-refractivity contribution in [2.45, 2.75) is 82.5 Å². The first-order valence-corrected chi connectivity index (χ1v) is 8.98. The van der Waals surface area contributed by atoms with Gasteiger partial charge in [0, 0.05) is 5.41 Å². The first-order valence-electron chi connectivity index (χ1n) is 8.98. The maximum atomic E-state index is 5.88. The molecule has 5 nitrogen and oxygen atoms in total.